The van der Waals surface area contributed by atoms with E-state index in [1.165, 1.54) is 12.1 Å². The van der Waals surface area contributed by atoms with Gasteiger partial charge in [-0.25, -0.2) is 13.1 Å². The van der Waals surface area contributed by atoms with Crippen molar-refractivity contribution in [2.45, 2.75) is 37.0 Å². The molecule has 0 aromatic heterocycles. The molecule has 1 unspecified atom stereocenters. The van der Waals surface area contributed by atoms with Gasteiger partial charge in [0.25, 0.3) is 10.0 Å². The molecule has 1 aliphatic heterocycles. The number of fused-ring (bicyclic) bond motifs is 2. The number of rotatable bonds is 7. The second-order valence-electron chi connectivity index (χ2n) is 9.24. The predicted molar refractivity (Wildman–Crippen MR) is 145 cm³/mol. The molecule has 1 heterocycles. The van der Waals surface area contributed by atoms with Crippen LogP contribution in [0.4, 0.5) is 0 Å². The molecular weight excluding hydrogens is 513 g/mol. The van der Waals surface area contributed by atoms with Crippen LogP contribution in [0, 0.1) is 0 Å². The maximum Gasteiger partial charge on any atom is 0.264 e. The van der Waals surface area contributed by atoms with Crippen molar-refractivity contribution in [3.8, 4) is 11.5 Å². The molecule has 0 saturated heterocycles. The number of sulfonamides is 1. The number of benzene rings is 4. The molecular formula is C29H27KNO5S. The third kappa shape index (κ3) is 6.27. The zero-order chi connectivity index (χ0) is 25.3. The molecule has 1 atom stereocenters. The molecule has 185 valence electrons. The number of hydrogen-bond acceptors (Lipinski definition) is 5. The van der Waals surface area contributed by atoms with E-state index in [0.717, 1.165) is 21.9 Å². The fourth-order valence-electron chi connectivity index (χ4n) is 4.39. The second kappa shape index (κ2) is 11.7. The van der Waals surface area contributed by atoms with E-state index in [4.69, 9.17) is 9.47 Å². The molecule has 0 bridgehead atoms. The topological polar surface area (TPSA) is 81.7 Å². The number of hydrogen-bond donors (Lipinski definition) is 1. The van der Waals surface area contributed by atoms with Gasteiger partial charge in [0.05, 0.1) is 10.8 Å². The van der Waals surface area contributed by atoms with E-state index in [-0.39, 0.29) is 69.0 Å². The summed E-state index contributed by atoms with van der Waals surface area (Å²) in [4.78, 5) is 13.6. The predicted octanol–water partition coefficient (Wildman–Crippen LogP) is 5.14. The summed E-state index contributed by atoms with van der Waals surface area (Å²) in [6.45, 7) is 4.18. The van der Waals surface area contributed by atoms with Crippen LogP contribution in [0.15, 0.2) is 89.8 Å². The van der Waals surface area contributed by atoms with Crippen LogP contribution < -0.4 is 14.2 Å². The Morgan fingerprint density at radius 1 is 0.838 bits per heavy atom. The number of ether oxygens (including phenoxy) is 2. The largest absolute Gasteiger partial charge is 0.454 e. The fourth-order valence-corrected chi connectivity index (χ4v) is 5.41. The van der Waals surface area contributed by atoms with E-state index in [1.807, 2.05) is 56.3 Å². The van der Waals surface area contributed by atoms with Crippen LogP contribution in [0.1, 0.15) is 42.4 Å². The van der Waals surface area contributed by atoms with Crippen LogP contribution in [-0.4, -0.2) is 72.5 Å². The van der Waals surface area contributed by atoms with Crippen LogP contribution in [0.5, 0.6) is 11.5 Å². The van der Waals surface area contributed by atoms with Crippen LogP contribution in [0.3, 0.4) is 0 Å². The molecule has 5 rings (SSSR count). The van der Waals surface area contributed by atoms with Crippen molar-refractivity contribution in [1.29, 1.82) is 0 Å². The number of carbonyl (C=O) groups excluding carboxylic acids is 1. The molecule has 37 heavy (non-hydrogen) atoms. The Bertz CT molecular complexity index is 1530. The van der Waals surface area contributed by atoms with Gasteiger partial charge in [0, 0.05) is 51.4 Å². The first-order valence-electron chi connectivity index (χ1n) is 11.8. The first-order chi connectivity index (χ1) is 17.3. The van der Waals surface area contributed by atoms with Crippen LogP contribution in [0.25, 0.3) is 10.8 Å². The summed E-state index contributed by atoms with van der Waals surface area (Å²) >= 11 is 0. The number of amides is 1. The Morgan fingerprint density at radius 2 is 1.51 bits per heavy atom. The van der Waals surface area contributed by atoms with Crippen molar-refractivity contribution in [1.82, 2.24) is 4.72 Å². The minimum Gasteiger partial charge on any atom is -0.454 e. The van der Waals surface area contributed by atoms with Gasteiger partial charge in [-0.3, -0.25) is 4.79 Å². The molecule has 0 aliphatic carbocycles. The monoisotopic (exact) mass is 540 g/mol. The average Bonchev–Trinajstić information content (AvgIpc) is 3.35. The molecule has 0 fully saturated rings. The van der Waals surface area contributed by atoms with E-state index in [9.17, 15) is 13.2 Å². The second-order valence-corrected chi connectivity index (χ2v) is 10.9. The Balaban J connectivity index is 0.00000320. The van der Waals surface area contributed by atoms with Crippen molar-refractivity contribution >= 4 is 78.1 Å². The number of carbonyl (C=O) groups is 1. The van der Waals surface area contributed by atoms with Gasteiger partial charge in [-0.15, -0.1) is 0 Å². The van der Waals surface area contributed by atoms with Gasteiger partial charge in [-0.1, -0.05) is 74.5 Å². The van der Waals surface area contributed by atoms with Crippen LogP contribution >= 0.6 is 0 Å². The molecule has 1 N–H and O–H groups in total. The van der Waals surface area contributed by atoms with Gasteiger partial charge in [0.15, 0.2) is 11.5 Å². The molecule has 1 amide bonds. The van der Waals surface area contributed by atoms with Gasteiger partial charge >= 0.3 is 0 Å². The summed E-state index contributed by atoms with van der Waals surface area (Å²) < 4.78 is 39.4. The quantitative estimate of drug-likeness (QED) is 0.328. The van der Waals surface area contributed by atoms with Gasteiger partial charge < -0.3 is 9.47 Å². The van der Waals surface area contributed by atoms with Crippen molar-refractivity contribution in [3.05, 3.63) is 102 Å². The minimum atomic E-state index is -4.05. The average molecular weight is 541 g/mol. The van der Waals surface area contributed by atoms with E-state index in [0.29, 0.717) is 23.5 Å². The van der Waals surface area contributed by atoms with E-state index in [2.05, 4.69) is 4.72 Å². The third-order valence-corrected chi connectivity index (χ3v) is 7.82. The zero-order valence-electron chi connectivity index (χ0n) is 21.1. The standard InChI is InChI=1S/C29H27NO5S.K/c1-19(2)21-9-12-25(13-10-21)36(32,33)30-29(31)26(24-11-14-27-28(17-24)35-18-34-27)16-20-7-8-22-5-3-4-6-23(22)15-20;/h3-15,17,19,26H,16,18H2,1-2H3,(H,30,31);. The first-order valence-corrected chi connectivity index (χ1v) is 13.3. The van der Waals surface area contributed by atoms with Crippen molar-refractivity contribution in [2.75, 3.05) is 6.79 Å². The first kappa shape index (κ1) is 27.8. The molecule has 0 saturated carbocycles. The summed E-state index contributed by atoms with van der Waals surface area (Å²) in [5, 5.41) is 2.15. The van der Waals surface area contributed by atoms with Gasteiger partial charge in [0.1, 0.15) is 0 Å². The maximum absolute atomic E-state index is 13.5. The third-order valence-electron chi connectivity index (χ3n) is 6.46. The minimum absolute atomic E-state index is 0. The Morgan fingerprint density at radius 3 is 2.24 bits per heavy atom. The van der Waals surface area contributed by atoms with Crippen molar-refractivity contribution in [3.63, 3.8) is 0 Å². The summed E-state index contributed by atoms with van der Waals surface area (Å²) in [5.41, 5.74) is 2.59. The van der Waals surface area contributed by atoms with Crippen molar-refractivity contribution in [2.24, 2.45) is 0 Å². The van der Waals surface area contributed by atoms with Crippen LogP contribution in [0.2, 0.25) is 0 Å². The molecule has 4 aromatic rings. The van der Waals surface area contributed by atoms with Crippen molar-refractivity contribution < 1.29 is 22.7 Å². The van der Waals surface area contributed by atoms with E-state index < -0.39 is 21.8 Å². The summed E-state index contributed by atoms with van der Waals surface area (Å²) in [6, 6.07) is 25.9. The van der Waals surface area contributed by atoms with Gasteiger partial charge in [-0.2, -0.15) is 0 Å². The van der Waals surface area contributed by atoms with E-state index in [1.54, 1.807) is 30.3 Å². The molecule has 8 heteroatoms. The summed E-state index contributed by atoms with van der Waals surface area (Å²) in [6.07, 6.45) is 0.318. The molecule has 6 nitrogen and oxygen atoms in total. The SMILES string of the molecule is CC(C)c1ccc(S(=O)(=O)NC(=O)C(Cc2ccc3ccccc3c2)c2ccc3c(c2)OCO3)cc1.[K]. The Labute approximate surface area is 259 Å². The maximum atomic E-state index is 13.5. The fraction of sp³-hybridized carbons (Fsp3) is 0.207. The Kier molecular flexibility index (Phi) is 8.78. The van der Waals surface area contributed by atoms with Crippen LogP contribution in [-0.2, 0) is 21.2 Å². The summed E-state index contributed by atoms with van der Waals surface area (Å²) in [5.74, 6) is 0.0476. The Hall–Kier alpha value is -2.20. The normalized spacial score (nSPS) is 13.3. The molecule has 0 spiro atoms. The van der Waals surface area contributed by atoms with Gasteiger partial charge in [-0.05, 0) is 64.1 Å². The smallest absolute Gasteiger partial charge is 0.264 e. The molecule has 4 aromatic carbocycles. The molecule has 1 aliphatic rings. The molecule has 1 radical (unpaired) electrons. The van der Waals surface area contributed by atoms with E-state index >= 15 is 0 Å². The zero-order valence-corrected chi connectivity index (χ0v) is 25.0. The van der Waals surface area contributed by atoms with Gasteiger partial charge in [0.2, 0.25) is 12.7 Å². The summed E-state index contributed by atoms with van der Waals surface area (Å²) in [7, 11) is -4.05. The number of nitrogens with one attached hydrogen (secondary N) is 1.